The summed E-state index contributed by atoms with van der Waals surface area (Å²) < 4.78 is 0. The van der Waals surface area contributed by atoms with Crippen molar-refractivity contribution in [3.8, 4) is 0 Å². The van der Waals surface area contributed by atoms with Gasteiger partial charge in [0.15, 0.2) is 0 Å². The summed E-state index contributed by atoms with van der Waals surface area (Å²) in [5.41, 5.74) is 5.45. The Morgan fingerprint density at radius 1 is 1.22 bits per heavy atom. The molecule has 0 bridgehead atoms. The number of hydrogen-bond donors (Lipinski definition) is 2. The van der Waals surface area contributed by atoms with E-state index < -0.39 is 0 Å². The lowest BCUT2D eigenvalue weighted by Gasteiger charge is -2.27. The van der Waals surface area contributed by atoms with Gasteiger partial charge in [0.25, 0.3) is 0 Å². The van der Waals surface area contributed by atoms with Crippen molar-refractivity contribution < 1.29 is 0 Å². The molecule has 18 heavy (non-hydrogen) atoms. The molecule has 108 valence electrons. The molecular formula is C15H33N3. The van der Waals surface area contributed by atoms with Gasteiger partial charge in [-0.1, -0.05) is 34.1 Å². The first-order valence-electron chi connectivity index (χ1n) is 7.21. The highest BCUT2D eigenvalue weighted by molar-refractivity contribution is 5.82. The molecule has 1 unspecified atom stereocenters. The van der Waals surface area contributed by atoms with Crippen molar-refractivity contribution in [3.63, 3.8) is 0 Å². The summed E-state index contributed by atoms with van der Waals surface area (Å²) in [5.74, 6) is 1.07. The van der Waals surface area contributed by atoms with Gasteiger partial charge >= 0.3 is 0 Å². The van der Waals surface area contributed by atoms with Crippen LogP contribution >= 0.6 is 0 Å². The van der Waals surface area contributed by atoms with Gasteiger partial charge in [-0.15, -0.1) is 0 Å². The fourth-order valence-electron chi connectivity index (χ4n) is 2.15. The third-order valence-electron chi connectivity index (χ3n) is 3.86. The van der Waals surface area contributed by atoms with E-state index in [-0.39, 0.29) is 5.41 Å². The van der Waals surface area contributed by atoms with Crippen molar-refractivity contribution in [2.24, 2.45) is 17.1 Å². The highest BCUT2D eigenvalue weighted by Crippen LogP contribution is 2.22. The summed E-state index contributed by atoms with van der Waals surface area (Å²) in [7, 11) is 2.21. The number of rotatable bonds is 9. The van der Waals surface area contributed by atoms with E-state index in [2.05, 4.69) is 46.6 Å². The topological polar surface area (TPSA) is 53.1 Å². The first-order valence-corrected chi connectivity index (χ1v) is 7.21. The van der Waals surface area contributed by atoms with Crippen molar-refractivity contribution in [1.29, 1.82) is 5.41 Å². The van der Waals surface area contributed by atoms with E-state index in [9.17, 15) is 0 Å². The zero-order chi connectivity index (χ0) is 14.3. The average molecular weight is 255 g/mol. The molecule has 0 aliphatic heterocycles. The van der Waals surface area contributed by atoms with Gasteiger partial charge in [-0.3, -0.25) is 5.41 Å². The fourth-order valence-corrected chi connectivity index (χ4v) is 2.15. The van der Waals surface area contributed by atoms with Crippen LogP contribution in [0, 0.1) is 16.7 Å². The molecule has 0 rings (SSSR count). The van der Waals surface area contributed by atoms with E-state index in [0.717, 1.165) is 25.3 Å². The molecule has 0 radical (unpaired) electrons. The lowest BCUT2D eigenvalue weighted by molar-refractivity contribution is 0.221. The normalized spacial score (nSPS) is 14.2. The van der Waals surface area contributed by atoms with Crippen LogP contribution < -0.4 is 5.73 Å². The molecule has 0 aliphatic carbocycles. The Balaban J connectivity index is 3.81. The minimum absolute atomic E-state index is 0.137. The third kappa shape index (κ3) is 7.00. The second-order valence-corrected chi connectivity index (χ2v) is 6.71. The van der Waals surface area contributed by atoms with Crippen molar-refractivity contribution in [2.45, 2.75) is 66.3 Å². The molecule has 3 N–H and O–H groups in total. The number of hydrogen-bond acceptors (Lipinski definition) is 2. The number of amidine groups is 1. The largest absolute Gasteiger partial charge is 0.387 e. The van der Waals surface area contributed by atoms with E-state index in [1.54, 1.807) is 0 Å². The summed E-state index contributed by atoms with van der Waals surface area (Å²) in [4.78, 5) is 2.45. The number of nitrogens with zero attached hydrogens (tertiary/aromatic N) is 1. The molecule has 0 aromatic carbocycles. The quantitative estimate of drug-likeness (QED) is 0.376. The highest BCUT2D eigenvalue weighted by atomic mass is 15.1. The van der Waals surface area contributed by atoms with Gasteiger partial charge in [0.2, 0.25) is 0 Å². The summed E-state index contributed by atoms with van der Waals surface area (Å²) in [6.07, 6.45) is 4.60. The molecular weight excluding hydrogens is 222 g/mol. The zero-order valence-corrected chi connectivity index (χ0v) is 13.2. The van der Waals surface area contributed by atoms with E-state index in [1.165, 1.54) is 12.8 Å². The number of nitrogens with one attached hydrogen (secondary N) is 1. The summed E-state index contributed by atoms with van der Waals surface area (Å²) in [5, 5.41) is 7.53. The molecule has 0 fully saturated rings. The molecule has 0 aromatic heterocycles. The van der Waals surface area contributed by atoms with Crippen LogP contribution in [0.4, 0.5) is 0 Å². The Kier molecular flexibility index (Phi) is 7.53. The maximum Gasteiger partial charge on any atom is 0.0963 e. The van der Waals surface area contributed by atoms with E-state index in [0.29, 0.717) is 11.9 Å². The van der Waals surface area contributed by atoms with Crippen LogP contribution in [0.15, 0.2) is 0 Å². The Hall–Kier alpha value is -0.570. The first kappa shape index (κ1) is 17.4. The lowest BCUT2D eigenvalue weighted by atomic mass is 9.86. The van der Waals surface area contributed by atoms with E-state index in [4.69, 9.17) is 11.1 Å². The monoisotopic (exact) mass is 255 g/mol. The van der Waals surface area contributed by atoms with Crippen molar-refractivity contribution in [2.75, 3.05) is 13.6 Å². The zero-order valence-electron chi connectivity index (χ0n) is 13.2. The van der Waals surface area contributed by atoms with E-state index >= 15 is 0 Å². The van der Waals surface area contributed by atoms with Crippen LogP contribution in [0.3, 0.4) is 0 Å². The molecule has 0 heterocycles. The minimum atomic E-state index is -0.137. The maximum absolute atomic E-state index is 7.53. The van der Waals surface area contributed by atoms with Gasteiger partial charge in [-0.05, 0) is 45.7 Å². The smallest absolute Gasteiger partial charge is 0.0963 e. The lowest BCUT2D eigenvalue weighted by Crippen LogP contribution is -2.32. The van der Waals surface area contributed by atoms with Gasteiger partial charge in [-0.2, -0.15) is 0 Å². The Morgan fingerprint density at radius 3 is 2.22 bits per heavy atom. The summed E-state index contributed by atoms with van der Waals surface area (Å²) in [6, 6.07) is 0.658. The van der Waals surface area contributed by atoms with Crippen LogP contribution in [-0.4, -0.2) is 30.4 Å². The van der Waals surface area contributed by atoms with E-state index in [1.807, 2.05) is 0 Å². The average Bonchev–Trinajstić information content (AvgIpc) is 2.22. The predicted molar refractivity (Wildman–Crippen MR) is 81.1 cm³/mol. The second kappa shape index (κ2) is 7.78. The van der Waals surface area contributed by atoms with Crippen LogP contribution in [0.1, 0.15) is 60.3 Å². The first-order chi connectivity index (χ1) is 8.16. The predicted octanol–water partition coefficient (Wildman–Crippen LogP) is 3.49. The Morgan fingerprint density at radius 2 is 1.78 bits per heavy atom. The van der Waals surface area contributed by atoms with Gasteiger partial charge in [-0.25, -0.2) is 0 Å². The molecule has 0 saturated carbocycles. The summed E-state index contributed by atoms with van der Waals surface area (Å²) in [6.45, 7) is 12.1. The standard InChI is InChI=1S/C15H33N3/c1-12(2)11-13(3)18(6)10-8-7-9-15(4,5)14(16)17/h12-13H,7-11H2,1-6H3,(H3,16,17). The fraction of sp³-hybridized carbons (Fsp3) is 0.933. The van der Waals surface area contributed by atoms with Crippen molar-refractivity contribution >= 4 is 5.84 Å². The molecule has 1 atom stereocenters. The highest BCUT2D eigenvalue weighted by Gasteiger charge is 2.20. The summed E-state index contributed by atoms with van der Waals surface area (Å²) >= 11 is 0. The van der Waals surface area contributed by atoms with Crippen LogP contribution in [0.25, 0.3) is 0 Å². The molecule has 0 amide bonds. The van der Waals surface area contributed by atoms with Gasteiger partial charge in [0.1, 0.15) is 0 Å². The number of unbranched alkanes of at least 4 members (excludes halogenated alkanes) is 1. The van der Waals surface area contributed by atoms with Crippen molar-refractivity contribution in [1.82, 2.24) is 4.90 Å². The molecule has 0 aromatic rings. The second-order valence-electron chi connectivity index (χ2n) is 6.71. The van der Waals surface area contributed by atoms with Gasteiger partial charge < -0.3 is 10.6 Å². The maximum atomic E-state index is 7.53. The minimum Gasteiger partial charge on any atom is -0.387 e. The van der Waals surface area contributed by atoms with Gasteiger partial charge in [0.05, 0.1) is 5.84 Å². The molecule has 3 heteroatoms. The number of nitrogens with two attached hydrogens (primary N) is 1. The third-order valence-corrected chi connectivity index (χ3v) is 3.86. The molecule has 0 aliphatic rings. The molecule has 3 nitrogen and oxygen atoms in total. The van der Waals surface area contributed by atoms with Crippen LogP contribution in [0.5, 0.6) is 0 Å². The van der Waals surface area contributed by atoms with Gasteiger partial charge in [0, 0.05) is 11.5 Å². The van der Waals surface area contributed by atoms with Crippen molar-refractivity contribution in [3.05, 3.63) is 0 Å². The SMILES string of the molecule is CC(C)CC(C)N(C)CCCCC(C)(C)C(=N)N. The van der Waals surface area contributed by atoms with Crippen LogP contribution in [0.2, 0.25) is 0 Å². The Bertz CT molecular complexity index is 246. The Labute approximate surface area is 114 Å². The van der Waals surface area contributed by atoms with Crippen LogP contribution in [-0.2, 0) is 0 Å². The molecule has 0 spiro atoms. The molecule has 0 saturated heterocycles.